The first-order chi connectivity index (χ1) is 16.8. The summed E-state index contributed by atoms with van der Waals surface area (Å²) in [5.41, 5.74) is 0. The number of carbonyl (C=O) groups excluding carboxylic acids is 2. The van der Waals surface area contributed by atoms with Crippen molar-refractivity contribution in [1.82, 2.24) is 15.3 Å². The van der Waals surface area contributed by atoms with Crippen molar-refractivity contribution in [3.63, 3.8) is 0 Å². The molecule has 6 atom stereocenters. The number of nitrogens with one attached hydrogen (secondary N) is 2. The highest BCUT2D eigenvalue weighted by atomic mass is 35.5. The second-order valence-electron chi connectivity index (χ2n) is 8.32. The number of para-hydroxylation sites is 1. The number of esters is 1. The highest BCUT2D eigenvalue weighted by molar-refractivity contribution is 7.52. The van der Waals surface area contributed by atoms with Crippen molar-refractivity contribution in [3.05, 3.63) is 42.6 Å². The molecule has 1 aromatic rings. The molecule has 2 aliphatic rings. The monoisotopic (exact) mass is 567 g/mol. The fraction of sp³-hybridized carbons (Fsp3) is 0.524. The molecule has 12 nitrogen and oxygen atoms in total. The molecule has 2 amide bonds. The average molecular weight is 568 g/mol. The van der Waals surface area contributed by atoms with Gasteiger partial charge in [-0.1, -0.05) is 41.4 Å². The van der Waals surface area contributed by atoms with Crippen LogP contribution in [-0.2, 0) is 23.4 Å². The molecule has 1 saturated heterocycles. The van der Waals surface area contributed by atoms with Gasteiger partial charge in [-0.2, -0.15) is 5.09 Å². The second-order valence-corrected chi connectivity index (χ2v) is 11.5. The highest BCUT2D eigenvalue weighted by Gasteiger charge is 2.58. The molecular formula is C21H28Cl2N3O9P. The van der Waals surface area contributed by atoms with Crippen LogP contribution >= 0.6 is 30.9 Å². The lowest BCUT2D eigenvalue weighted by Gasteiger charge is -2.34. The van der Waals surface area contributed by atoms with Gasteiger partial charge in [-0.25, -0.2) is 9.36 Å². The van der Waals surface area contributed by atoms with E-state index < -0.39 is 67.5 Å². The Labute approximate surface area is 218 Å². The summed E-state index contributed by atoms with van der Waals surface area (Å²) in [4.78, 5) is 25.5. The first-order valence-corrected chi connectivity index (χ1v) is 13.3. The number of alkyl halides is 2. The molecule has 0 saturated carbocycles. The van der Waals surface area contributed by atoms with E-state index in [1.807, 2.05) is 0 Å². The van der Waals surface area contributed by atoms with Gasteiger partial charge in [-0.3, -0.25) is 14.2 Å². The van der Waals surface area contributed by atoms with Crippen LogP contribution in [0.4, 0.5) is 4.79 Å². The number of amides is 2. The van der Waals surface area contributed by atoms with Crippen LogP contribution in [0.25, 0.3) is 0 Å². The molecule has 2 aliphatic heterocycles. The van der Waals surface area contributed by atoms with Crippen molar-refractivity contribution in [3.8, 4) is 5.75 Å². The minimum atomic E-state index is -4.26. The third kappa shape index (κ3) is 6.90. The van der Waals surface area contributed by atoms with Crippen molar-refractivity contribution in [2.45, 2.75) is 61.9 Å². The average Bonchev–Trinajstić information content (AvgIpc) is 3.01. The van der Waals surface area contributed by atoms with Crippen LogP contribution < -0.4 is 14.9 Å². The van der Waals surface area contributed by atoms with E-state index in [1.165, 1.54) is 31.3 Å². The van der Waals surface area contributed by atoms with Gasteiger partial charge < -0.3 is 29.5 Å². The number of aliphatic hydroxyl groups excluding tert-OH is 2. The third-order valence-corrected chi connectivity index (χ3v) is 7.47. The molecule has 0 radical (unpaired) electrons. The van der Waals surface area contributed by atoms with Gasteiger partial charge >= 0.3 is 19.7 Å². The van der Waals surface area contributed by atoms with Crippen molar-refractivity contribution in [2.75, 3.05) is 6.61 Å². The summed E-state index contributed by atoms with van der Waals surface area (Å²) in [5.74, 6) is -0.505. The van der Waals surface area contributed by atoms with E-state index in [9.17, 15) is 24.4 Å². The van der Waals surface area contributed by atoms with Crippen LogP contribution in [0, 0.1) is 0 Å². The lowest BCUT2D eigenvalue weighted by atomic mass is 10.1. The molecule has 3 rings (SSSR count). The van der Waals surface area contributed by atoms with Crippen LogP contribution in [0.1, 0.15) is 20.8 Å². The quantitative estimate of drug-likeness (QED) is 0.188. The maximum Gasteiger partial charge on any atom is 0.459 e. The predicted octanol–water partition coefficient (Wildman–Crippen LogP) is 2.24. The van der Waals surface area contributed by atoms with Crippen LogP contribution in [-0.4, -0.2) is 74.9 Å². The summed E-state index contributed by atoms with van der Waals surface area (Å²) in [5, 5.41) is 25.0. The number of urea groups is 1. The molecule has 15 heteroatoms. The van der Waals surface area contributed by atoms with Crippen molar-refractivity contribution in [1.29, 1.82) is 0 Å². The summed E-state index contributed by atoms with van der Waals surface area (Å²) < 4.78 is 33.5. The van der Waals surface area contributed by atoms with Crippen molar-refractivity contribution < 1.29 is 42.9 Å². The number of carbonyl (C=O) groups is 2. The summed E-state index contributed by atoms with van der Waals surface area (Å²) in [7, 11) is -4.26. The van der Waals surface area contributed by atoms with E-state index in [1.54, 1.807) is 32.0 Å². The number of benzene rings is 1. The van der Waals surface area contributed by atoms with Crippen LogP contribution in [0.15, 0.2) is 42.6 Å². The van der Waals surface area contributed by atoms with Crippen molar-refractivity contribution in [2.24, 2.45) is 0 Å². The van der Waals surface area contributed by atoms with Crippen LogP contribution in [0.5, 0.6) is 5.75 Å². The fourth-order valence-electron chi connectivity index (χ4n) is 3.29. The van der Waals surface area contributed by atoms with Gasteiger partial charge in [0.25, 0.3) is 0 Å². The summed E-state index contributed by atoms with van der Waals surface area (Å²) in [6.07, 6.45) is -3.40. The molecule has 0 aromatic heterocycles. The molecule has 1 fully saturated rings. The molecule has 1 aromatic carbocycles. The Bertz CT molecular complexity index is 1010. The number of hydrogen-bond donors (Lipinski definition) is 4. The largest absolute Gasteiger partial charge is 0.462 e. The molecule has 0 aliphatic carbocycles. The Morgan fingerprint density at radius 1 is 1.28 bits per heavy atom. The first-order valence-electron chi connectivity index (χ1n) is 11.0. The number of aliphatic hydroxyl groups is 2. The van der Waals surface area contributed by atoms with Gasteiger partial charge in [0.2, 0.25) is 0 Å². The Kier molecular flexibility index (Phi) is 9.29. The van der Waals surface area contributed by atoms with Crippen LogP contribution in [0.3, 0.4) is 0 Å². The number of rotatable bonds is 10. The highest BCUT2D eigenvalue weighted by Crippen LogP contribution is 2.48. The lowest BCUT2D eigenvalue weighted by Crippen LogP contribution is -2.54. The van der Waals surface area contributed by atoms with E-state index in [0.29, 0.717) is 0 Å². The number of nitrogens with zero attached hydrogens (tertiary/aromatic N) is 1. The number of hydrogen-bond acceptors (Lipinski definition) is 9. The van der Waals surface area contributed by atoms with E-state index in [4.69, 9.17) is 41.7 Å². The Balaban J connectivity index is 1.75. The Morgan fingerprint density at radius 3 is 2.56 bits per heavy atom. The molecule has 200 valence electrons. The Morgan fingerprint density at radius 2 is 1.94 bits per heavy atom. The third-order valence-electron chi connectivity index (χ3n) is 5.00. The van der Waals surface area contributed by atoms with Crippen molar-refractivity contribution >= 4 is 42.9 Å². The summed E-state index contributed by atoms with van der Waals surface area (Å²) in [6, 6.07) is 6.22. The van der Waals surface area contributed by atoms with Gasteiger partial charge in [-0.15, -0.1) is 0 Å². The van der Waals surface area contributed by atoms with E-state index >= 15 is 0 Å². The standard InChI is InChI=1S/C21H28Cl2N3O9P/c1-12(2)33-18(29)13(3)25-36(31,35-14-7-5-4-6-8-14)32-11-15-17(28)21(22,23)19(34-15)26-10-9-16(27)24-20(26)30/h4-10,12-13,15-17,19,27-28H,11H2,1-3H3,(H,24,30)(H,25,31)/t13?,15-,16?,17-,19-,36?/m1/s1. The molecule has 0 spiro atoms. The van der Waals surface area contributed by atoms with E-state index in [0.717, 1.165) is 4.90 Å². The molecule has 0 bridgehead atoms. The second kappa shape index (κ2) is 11.7. The van der Waals surface area contributed by atoms with Gasteiger partial charge in [0, 0.05) is 6.20 Å². The normalized spacial score (nSPS) is 27.9. The predicted molar refractivity (Wildman–Crippen MR) is 129 cm³/mol. The van der Waals surface area contributed by atoms with Gasteiger partial charge in [0.15, 0.2) is 10.6 Å². The van der Waals surface area contributed by atoms with E-state index in [-0.39, 0.29) is 5.75 Å². The zero-order valence-electron chi connectivity index (χ0n) is 19.6. The zero-order valence-corrected chi connectivity index (χ0v) is 22.0. The lowest BCUT2D eigenvalue weighted by molar-refractivity contribution is -0.149. The topological polar surface area (TPSA) is 156 Å². The molecule has 3 unspecified atom stereocenters. The molecular weight excluding hydrogens is 540 g/mol. The molecule has 2 heterocycles. The van der Waals surface area contributed by atoms with Crippen LogP contribution in [0.2, 0.25) is 0 Å². The SMILES string of the molecule is CC(C)OC(=O)C(C)NP(=O)(OC[C@H]1O[C@@H](N2C=CC(O)NC2=O)C(Cl)(Cl)[C@@H]1O)Oc1ccccc1. The minimum Gasteiger partial charge on any atom is -0.462 e. The number of ether oxygens (including phenoxy) is 2. The first kappa shape index (κ1) is 28.7. The van der Waals surface area contributed by atoms with Gasteiger partial charge in [-0.05, 0) is 39.0 Å². The fourth-order valence-corrected chi connectivity index (χ4v) is 5.38. The summed E-state index contributed by atoms with van der Waals surface area (Å²) in [6.45, 7) is 4.20. The van der Waals surface area contributed by atoms with E-state index in [2.05, 4.69) is 10.4 Å². The Hall–Kier alpha value is -1.89. The van der Waals surface area contributed by atoms with Gasteiger partial charge in [0.1, 0.15) is 30.2 Å². The summed E-state index contributed by atoms with van der Waals surface area (Å²) >= 11 is 12.6. The number of halogens is 2. The minimum absolute atomic E-state index is 0.182. The maximum atomic E-state index is 13.6. The molecule has 36 heavy (non-hydrogen) atoms. The smallest absolute Gasteiger partial charge is 0.459 e. The zero-order chi connectivity index (χ0) is 26.7. The van der Waals surface area contributed by atoms with Gasteiger partial charge in [0.05, 0.1) is 12.7 Å². The maximum absolute atomic E-state index is 13.6. The molecule has 4 N–H and O–H groups in total.